The van der Waals surface area contributed by atoms with E-state index in [1.165, 1.54) is 0 Å². The zero-order chi connectivity index (χ0) is 17.3. The molecule has 9 heteroatoms. The van der Waals surface area contributed by atoms with E-state index in [1.807, 2.05) is 0 Å². The van der Waals surface area contributed by atoms with Gasteiger partial charge in [0.05, 0.1) is 11.6 Å². The second-order valence-corrected chi connectivity index (χ2v) is 7.01. The molecule has 4 nitrogen and oxygen atoms in total. The van der Waals surface area contributed by atoms with Gasteiger partial charge >= 0.3 is 0 Å². The maximum absolute atomic E-state index is 13.8. The van der Waals surface area contributed by atoms with Crippen LogP contribution in [0.2, 0.25) is 0 Å². The summed E-state index contributed by atoms with van der Waals surface area (Å²) >= 11 is 1.65. The van der Waals surface area contributed by atoms with Crippen LogP contribution in [0, 0.1) is 23.4 Å². The number of benzene rings is 1. The topological polar surface area (TPSA) is 49.4 Å². The minimum Gasteiger partial charge on any atom is -0.341 e. The van der Waals surface area contributed by atoms with E-state index in [4.69, 9.17) is 0 Å². The predicted octanol–water partition coefficient (Wildman–Crippen LogP) is 2.61. The minimum atomic E-state index is -1.18. The number of carbonyl (C=O) groups is 2. The molecule has 2 aliphatic heterocycles. The van der Waals surface area contributed by atoms with E-state index >= 15 is 0 Å². The third-order valence-corrected chi connectivity index (χ3v) is 5.38. The van der Waals surface area contributed by atoms with Crippen LogP contribution in [-0.2, 0) is 4.79 Å². The van der Waals surface area contributed by atoms with Crippen molar-refractivity contribution >= 4 is 35.9 Å². The van der Waals surface area contributed by atoms with Gasteiger partial charge in [0.2, 0.25) is 5.91 Å². The SMILES string of the molecule is Cl.O=C(c1c(F)cc(F)cc1F)C1CCN(C(=O)C2CSCN2)CC1. The van der Waals surface area contributed by atoms with E-state index in [2.05, 4.69) is 5.32 Å². The molecule has 0 aromatic heterocycles. The molecule has 0 bridgehead atoms. The highest BCUT2D eigenvalue weighted by Gasteiger charge is 2.34. The summed E-state index contributed by atoms with van der Waals surface area (Å²) in [6.07, 6.45) is 0.696. The van der Waals surface area contributed by atoms with E-state index < -0.39 is 34.7 Å². The summed E-state index contributed by atoms with van der Waals surface area (Å²) in [7, 11) is 0. The standard InChI is InChI=1S/C16H17F3N2O2S.ClH/c17-10-5-11(18)14(12(19)6-10)15(22)9-1-3-21(4-2-9)16(23)13-7-24-8-20-13;/h5-6,9,13,20H,1-4,7-8H2;1H. The summed E-state index contributed by atoms with van der Waals surface area (Å²) in [5, 5.41) is 3.10. The number of ketones is 1. The largest absolute Gasteiger partial charge is 0.341 e. The third-order valence-electron chi connectivity index (χ3n) is 4.45. The lowest BCUT2D eigenvalue weighted by molar-refractivity contribution is -0.133. The van der Waals surface area contributed by atoms with Crippen LogP contribution < -0.4 is 5.32 Å². The predicted molar refractivity (Wildman–Crippen MR) is 91.4 cm³/mol. The molecule has 25 heavy (non-hydrogen) atoms. The van der Waals surface area contributed by atoms with Crippen LogP contribution in [0.3, 0.4) is 0 Å². The first kappa shape index (κ1) is 20.1. The molecule has 1 aromatic carbocycles. The molecule has 1 atom stereocenters. The summed E-state index contributed by atoms with van der Waals surface area (Å²) in [4.78, 5) is 26.3. The number of halogens is 4. The zero-order valence-corrected chi connectivity index (χ0v) is 14.9. The Balaban J connectivity index is 0.00000225. The number of nitrogens with zero attached hydrogens (tertiary/aromatic N) is 1. The van der Waals surface area contributed by atoms with Gasteiger partial charge in [0.25, 0.3) is 0 Å². The summed E-state index contributed by atoms with van der Waals surface area (Å²) in [6, 6.07) is 0.825. The second-order valence-electron chi connectivity index (χ2n) is 5.98. The molecule has 0 aliphatic carbocycles. The molecule has 3 rings (SSSR count). The van der Waals surface area contributed by atoms with Crippen molar-refractivity contribution in [1.29, 1.82) is 0 Å². The first-order valence-electron chi connectivity index (χ1n) is 7.76. The average Bonchev–Trinajstić information content (AvgIpc) is 3.07. The van der Waals surface area contributed by atoms with E-state index in [0.717, 1.165) is 11.6 Å². The van der Waals surface area contributed by atoms with Gasteiger partial charge in [-0.25, -0.2) is 13.2 Å². The third kappa shape index (κ3) is 4.30. The molecule has 0 radical (unpaired) electrons. The van der Waals surface area contributed by atoms with Crippen LogP contribution in [0.25, 0.3) is 0 Å². The fraction of sp³-hybridized carbons (Fsp3) is 0.500. The van der Waals surface area contributed by atoms with Crippen LogP contribution in [0.1, 0.15) is 23.2 Å². The fourth-order valence-electron chi connectivity index (χ4n) is 3.12. The molecule has 2 saturated heterocycles. The molecular formula is C16H18ClF3N2O2S. The maximum atomic E-state index is 13.8. The quantitative estimate of drug-likeness (QED) is 0.801. The summed E-state index contributed by atoms with van der Waals surface area (Å²) in [5.41, 5.74) is -0.685. The molecule has 2 aliphatic rings. The maximum Gasteiger partial charge on any atom is 0.240 e. The lowest BCUT2D eigenvalue weighted by Crippen LogP contribution is -2.48. The van der Waals surface area contributed by atoms with Crippen molar-refractivity contribution in [2.75, 3.05) is 24.7 Å². The smallest absolute Gasteiger partial charge is 0.240 e. The van der Waals surface area contributed by atoms with Gasteiger partial charge in [0.15, 0.2) is 5.78 Å². The lowest BCUT2D eigenvalue weighted by atomic mass is 9.88. The van der Waals surface area contributed by atoms with Crippen molar-refractivity contribution < 1.29 is 22.8 Å². The number of thioether (sulfide) groups is 1. The van der Waals surface area contributed by atoms with E-state index in [1.54, 1.807) is 16.7 Å². The van der Waals surface area contributed by atoms with Gasteiger partial charge in [-0.05, 0) is 12.8 Å². The zero-order valence-electron chi connectivity index (χ0n) is 13.3. The molecule has 1 amide bonds. The molecule has 1 unspecified atom stereocenters. The summed E-state index contributed by atoms with van der Waals surface area (Å²) in [5.74, 6) is -3.15. The number of hydrogen-bond acceptors (Lipinski definition) is 4. The van der Waals surface area contributed by atoms with Crippen molar-refractivity contribution in [2.45, 2.75) is 18.9 Å². The molecule has 2 heterocycles. The molecule has 0 spiro atoms. The van der Waals surface area contributed by atoms with Crippen LogP contribution in [0.4, 0.5) is 13.2 Å². The summed E-state index contributed by atoms with van der Waals surface area (Å²) < 4.78 is 40.5. The van der Waals surface area contributed by atoms with E-state index in [9.17, 15) is 22.8 Å². The first-order chi connectivity index (χ1) is 11.5. The Morgan fingerprint density at radius 1 is 1.12 bits per heavy atom. The van der Waals surface area contributed by atoms with Crippen molar-refractivity contribution in [3.8, 4) is 0 Å². The highest BCUT2D eigenvalue weighted by Crippen LogP contribution is 2.26. The molecule has 2 fully saturated rings. The number of likely N-dealkylation sites (tertiary alicyclic amines) is 1. The van der Waals surface area contributed by atoms with Gasteiger partial charge in [0.1, 0.15) is 17.5 Å². The Morgan fingerprint density at radius 2 is 1.72 bits per heavy atom. The summed E-state index contributed by atoms with van der Waals surface area (Å²) in [6.45, 7) is 0.755. The Labute approximate surface area is 153 Å². The van der Waals surface area contributed by atoms with Crippen LogP contribution in [-0.4, -0.2) is 47.4 Å². The normalized spacial score (nSPS) is 21.1. The monoisotopic (exact) mass is 394 g/mol. The number of hydrogen-bond donors (Lipinski definition) is 1. The van der Waals surface area contributed by atoms with Gasteiger partial charge in [-0.1, -0.05) is 0 Å². The van der Waals surface area contributed by atoms with Gasteiger partial charge < -0.3 is 4.90 Å². The van der Waals surface area contributed by atoms with Gasteiger partial charge in [-0.2, -0.15) is 0 Å². The van der Waals surface area contributed by atoms with Crippen molar-refractivity contribution in [1.82, 2.24) is 10.2 Å². The lowest BCUT2D eigenvalue weighted by Gasteiger charge is -2.33. The van der Waals surface area contributed by atoms with Crippen molar-refractivity contribution in [3.05, 3.63) is 35.1 Å². The number of amides is 1. The average molecular weight is 395 g/mol. The van der Waals surface area contributed by atoms with Crippen molar-refractivity contribution in [2.24, 2.45) is 5.92 Å². The van der Waals surface area contributed by atoms with Crippen LogP contribution in [0.5, 0.6) is 0 Å². The first-order valence-corrected chi connectivity index (χ1v) is 8.91. The Bertz CT molecular complexity index is 640. The molecule has 138 valence electrons. The highest BCUT2D eigenvalue weighted by molar-refractivity contribution is 7.99. The Morgan fingerprint density at radius 3 is 2.24 bits per heavy atom. The van der Waals surface area contributed by atoms with Crippen LogP contribution in [0.15, 0.2) is 12.1 Å². The van der Waals surface area contributed by atoms with Gasteiger partial charge in [0, 0.05) is 42.8 Å². The van der Waals surface area contributed by atoms with Crippen LogP contribution >= 0.6 is 24.2 Å². The highest BCUT2D eigenvalue weighted by atomic mass is 35.5. The van der Waals surface area contributed by atoms with E-state index in [0.29, 0.717) is 38.1 Å². The minimum absolute atomic E-state index is 0. The second kappa shape index (κ2) is 8.42. The molecule has 0 saturated carbocycles. The van der Waals surface area contributed by atoms with Gasteiger partial charge in [-0.3, -0.25) is 14.9 Å². The molecule has 1 N–H and O–H groups in total. The number of rotatable bonds is 3. The number of piperidine rings is 1. The number of Topliss-reactive ketones (excluding diaryl/α,β-unsaturated/α-hetero) is 1. The molecular weight excluding hydrogens is 377 g/mol. The van der Waals surface area contributed by atoms with E-state index in [-0.39, 0.29) is 24.4 Å². The Kier molecular flexibility index (Phi) is 6.76. The molecule has 1 aromatic rings. The Hall–Kier alpha value is -1.25. The number of carbonyl (C=O) groups excluding carboxylic acids is 2. The van der Waals surface area contributed by atoms with Gasteiger partial charge in [-0.15, -0.1) is 24.2 Å². The fourth-order valence-corrected chi connectivity index (χ4v) is 4.05. The van der Waals surface area contributed by atoms with Crippen molar-refractivity contribution in [3.63, 3.8) is 0 Å². The number of nitrogens with one attached hydrogen (secondary N) is 1.